The van der Waals surface area contributed by atoms with Crippen molar-refractivity contribution in [1.82, 2.24) is 9.47 Å². The zero-order valence-corrected chi connectivity index (χ0v) is 17.2. The Labute approximate surface area is 171 Å². The summed E-state index contributed by atoms with van der Waals surface area (Å²) in [4.78, 5) is 16.8. The first-order valence-electron chi connectivity index (χ1n) is 9.62. The molecule has 0 amide bonds. The van der Waals surface area contributed by atoms with E-state index in [9.17, 15) is 9.18 Å². The molecule has 0 unspecified atom stereocenters. The topological polar surface area (TPSA) is 41.6 Å². The number of piperazine rings is 1. The van der Waals surface area contributed by atoms with E-state index in [1.54, 1.807) is 4.57 Å². The van der Waals surface area contributed by atoms with Gasteiger partial charge in [0, 0.05) is 42.9 Å². The highest BCUT2D eigenvalue weighted by Crippen LogP contribution is 2.20. The lowest BCUT2D eigenvalue weighted by Gasteiger charge is -2.36. The first-order valence-corrected chi connectivity index (χ1v) is 10.4. The average Bonchev–Trinajstić information content (AvgIpc) is 3.01. The quantitative estimate of drug-likeness (QED) is 0.533. The van der Waals surface area contributed by atoms with E-state index in [0.29, 0.717) is 12.1 Å². The van der Waals surface area contributed by atoms with Crippen LogP contribution in [0.4, 0.5) is 10.1 Å². The van der Waals surface area contributed by atoms with Crippen molar-refractivity contribution in [2.45, 2.75) is 19.4 Å². The van der Waals surface area contributed by atoms with Gasteiger partial charge in [-0.15, -0.1) is 0 Å². The average molecular weight is 448 g/mol. The monoisotopic (exact) mass is 447 g/mol. The number of anilines is 1. The minimum Gasteiger partial charge on any atom is -0.408 e. The van der Waals surface area contributed by atoms with E-state index in [2.05, 4.69) is 25.7 Å². The molecule has 0 saturated carbocycles. The molecule has 2 heterocycles. The van der Waals surface area contributed by atoms with Gasteiger partial charge in [0.25, 0.3) is 0 Å². The van der Waals surface area contributed by atoms with Crippen LogP contribution in [0.2, 0.25) is 0 Å². The molecule has 1 aliphatic heterocycles. The first-order chi connectivity index (χ1) is 13.6. The molecule has 0 atom stereocenters. The van der Waals surface area contributed by atoms with Crippen LogP contribution < -0.4 is 10.7 Å². The molecule has 1 fully saturated rings. The van der Waals surface area contributed by atoms with Gasteiger partial charge in [-0.25, -0.2) is 9.18 Å². The van der Waals surface area contributed by atoms with Crippen LogP contribution in [-0.4, -0.2) is 42.2 Å². The van der Waals surface area contributed by atoms with E-state index in [1.165, 1.54) is 12.1 Å². The van der Waals surface area contributed by atoms with Crippen molar-refractivity contribution in [3.63, 3.8) is 0 Å². The van der Waals surface area contributed by atoms with Gasteiger partial charge in [-0.1, -0.05) is 15.9 Å². The Kier molecular flexibility index (Phi) is 5.82. The minimum atomic E-state index is -0.291. The highest BCUT2D eigenvalue weighted by molar-refractivity contribution is 9.10. The predicted molar refractivity (Wildman–Crippen MR) is 112 cm³/mol. The van der Waals surface area contributed by atoms with Crippen LogP contribution in [0.5, 0.6) is 0 Å². The second kappa shape index (κ2) is 8.49. The van der Waals surface area contributed by atoms with E-state index < -0.39 is 0 Å². The molecule has 1 aromatic heterocycles. The number of aryl methyl sites for hydroxylation is 1. The number of benzene rings is 2. The summed E-state index contributed by atoms with van der Waals surface area (Å²) in [5, 5.41) is 0. The molecule has 0 spiro atoms. The molecular weight excluding hydrogens is 425 g/mol. The normalized spacial score (nSPS) is 15.4. The summed E-state index contributed by atoms with van der Waals surface area (Å²) in [5.41, 5.74) is 2.55. The summed E-state index contributed by atoms with van der Waals surface area (Å²) < 4.78 is 21.0. The van der Waals surface area contributed by atoms with Crippen LogP contribution in [0.1, 0.15) is 12.8 Å². The van der Waals surface area contributed by atoms with Crippen molar-refractivity contribution in [3.8, 4) is 0 Å². The zero-order valence-electron chi connectivity index (χ0n) is 15.6. The Morgan fingerprint density at radius 1 is 0.964 bits per heavy atom. The number of halogens is 2. The van der Waals surface area contributed by atoms with Crippen LogP contribution in [0.3, 0.4) is 0 Å². The third-order valence-electron chi connectivity index (χ3n) is 5.30. The number of hydrogen-bond acceptors (Lipinski definition) is 4. The highest BCUT2D eigenvalue weighted by Gasteiger charge is 2.17. The number of rotatable bonds is 6. The van der Waals surface area contributed by atoms with Gasteiger partial charge in [-0.05, 0) is 61.9 Å². The molecule has 1 aliphatic rings. The second-order valence-corrected chi connectivity index (χ2v) is 8.06. The van der Waals surface area contributed by atoms with Crippen molar-refractivity contribution in [2.24, 2.45) is 0 Å². The molecule has 3 aromatic rings. The molecule has 4 rings (SSSR count). The predicted octanol–water partition coefficient (Wildman–Crippen LogP) is 4.10. The van der Waals surface area contributed by atoms with Crippen molar-refractivity contribution in [2.75, 3.05) is 37.6 Å². The largest absolute Gasteiger partial charge is 0.419 e. The fourth-order valence-corrected chi connectivity index (χ4v) is 4.08. The Morgan fingerprint density at radius 2 is 1.68 bits per heavy atom. The number of unbranched alkanes of at least 4 members (excludes halogenated alkanes) is 1. The van der Waals surface area contributed by atoms with Crippen molar-refractivity contribution >= 4 is 32.7 Å². The maximum absolute atomic E-state index is 13.1. The number of oxazole rings is 1. The van der Waals surface area contributed by atoms with Gasteiger partial charge in [0.1, 0.15) is 5.82 Å². The second-order valence-electron chi connectivity index (χ2n) is 7.14. The van der Waals surface area contributed by atoms with Gasteiger partial charge in [0.2, 0.25) is 0 Å². The summed E-state index contributed by atoms with van der Waals surface area (Å²) in [6.45, 7) is 5.58. The fraction of sp³-hybridized carbons (Fsp3) is 0.381. The summed E-state index contributed by atoms with van der Waals surface area (Å²) in [6, 6.07) is 12.3. The van der Waals surface area contributed by atoms with Crippen LogP contribution in [0.15, 0.2) is 56.1 Å². The van der Waals surface area contributed by atoms with Crippen molar-refractivity contribution < 1.29 is 8.81 Å². The minimum absolute atomic E-state index is 0.195. The molecule has 7 heteroatoms. The number of nitrogens with zero attached hydrogens (tertiary/aromatic N) is 3. The van der Waals surface area contributed by atoms with Crippen molar-refractivity contribution in [1.29, 1.82) is 0 Å². The van der Waals surface area contributed by atoms with Gasteiger partial charge in [0.05, 0.1) is 5.52 Å². The zero-order chi connectivity index (χ0) is 19.5. The van der Waals surface area contributed by atoms with Gasteiger partial charge in [0.15, 0.2) is 5.58 Å². The molecule has 0 N–H and O–H groups in total. The first kappa shape index (κ1) is 19.2. The number of fused-ring (bicyclic) bond motifs is 1. The van der Waals surface area contributed by atoms with E-state index in [0.717, 1.165) is 61.2 Å². The van der Waals surface area contributed by atoms with E-state index in [4.69, 9.17) is 4.42 Å². The molecular formula is C21H23BrFN3O2. The maximum Gasteiger partial charge on any atom is 0.419 e. The Balaban J connectivity index is 1.25. The van der Waals surface area contributed by atoms with E-state index in [1.807, 2.05) is 30.3 Å². The van der Waals surface area contributed by atoms with E-state index >= 15 is 0 Å². The third-order valence-corrected chi connectivity index (χ3v) is 5.79. The lowest BCUT2D eigenvalue weighted by molar-refractivity contribution is 0.251. The van der Waals surface area contributed by atoms with Gasteiger partial charge in [-0.2, -0.15) is 0 Å². The lowest BCUT2D eigenvalue weighted by Crippen LogP contribution is -2.46. The van der Waals surface area contributed by atoms with Gasteiger partial charge in [-0.3, -0.25) is 9.47 Å². The van der Waals surface area contributed by atoms with Crippen LogP contribution in [-0.2, 0) is 6.54 Å². The fourth-order valence-electron chi connectivity index (χ4n) is 3.73. The molecule has 0 bridgehead atoms. The lowest BCUT2D eigenvalue weighted by atomic mass is 10.2. The van der Waals surface area contributed by atoms with Crippen LogP contribution >= 0.6 is 15.9 Å². The summed E-state index contributed by atoms with van der Waals surface area (Å²) in [7, 11) is 0. The van der Waals surface area contributed by atoms with Gasteiger partial charge >= 0.3 is 5.76 Å². The number of aromatic nitrogens is 1. The summed E-state index contributed by atoms with van der Waals surface area (Å²) >= 11 is 3.45. The Hall–Kier alpha value is -2.12. The standard InChI is InChI=1S/C21H23BrFN3O2/c22-16-3-8-20-19(15-16)26(21(27)28-20)10-2-1-9-24-11-13-25(14-12-24)18-6-4-17(23)5-7-18/h3-8,15H,1-2,9-14H2. The molecule has 0 aliphatic carbocycles. The SMILES string of the molecule is O=c1oc2ccc(Br)cc2n1CCCCN1CCN(c2ccc(F)cc2)CC1. The molecule has 28 heavy (non-hydrogen) atoms. The Bertz CT molecular complexity index is 991. The maximum atomic E-state index is 13.1. The van der Waals surface area contributed by atoms with Crippen LogP contribution in [0, 0.1) is 5.82 Å². The van der Waals surface area contributed by atoms with Crippen LogP contribution in [0.25, 0.3) is 11.1 Å². The van der Waals surface area contributed by atoms with E-state index in [-0.39, 0.29) is 11.6 Å². The molecule has 0 radical (unpaired) electrons. The van der Waals surface area contributed by atoms with Crippen molar-refractivity contribution in [3.05, 3.63) is 63.3 Å². The third kappa shape index (κ3) is 4.31. The molecule has 2 aromatic carbocycles. The smallest absolute Gasteiger partial charge is 0.408 e. The molecule has 5 nitrogen and oxygen atoms in total. The highest BCUT2D eigenvalue weighted by atomic mass is 79.9. The summed E-state index contributed by atoms with van der Waals surface area (Å²) in [5.74, 6) is -0.486. The Morgan fingerprint density at radius 3 is 2.43 bits per heavy atom. The molecule has 1 saturated heterocycles. The summed E-state index contributed by atoms with van der Waals surface area (Å²) in [6.07, 6.45) is 1.96. The molecule has 148 valence electrons. The number of hydrogen-bond donors (Lipinski definition) is 0. The van der Waals surface area contributed by atoms with Gasteiger partial charge < -0.3 is 9.32 Å².